The SMILES string of the molecule is COc1ccccc1CC(N)c1cccc(N(C)C)c1. The molecule has 0 saturated carbocycles. The molecule has 2 aromatic rings. The van der Waals surface area contributed by atoms with E-state index in [1.165, 1.54) is 0 Å². The van der Waals surface area contributed by atoms with Crippen molar-refractivity contribution in [1.29, 1.82) is 0 Å². The van der Waals surface area contributed by atoms with E-state index >= 15 is 0 Å². The Bertz CT molecular complexity index is 566. The average molecular weight is 270 g/mol. The first-order valence-corrected chi connectivity index (χ1v) is 6.76. The fourth-order valence-electron chi connectivity index (χ4n) is 2.26. The van der Waals surface area contributed by atoms with Crippen LogP contribution in [0.2, 0.25) is 0 Å². The van der Waals surface area contributed by atoms with Crippen molar-refractivity contribution in [3.8, 4) is 5.75 Å². The summed E-state index contributed by atoms with van der Waals surface area (Å²) in [4.78, 5) is 2.08. The largest absolute Gasteiger partial charge is 0.496 e. The van der Waals surface area contributed by atoms with Crippen molar-refractivity contribution < 1.29 is 4.74 Å². The first-order valence-electron chi connectivity index (χ1n) is 6.76. The molecule has 0 bridgehead atoms. The van der Waals surface area contributed by atoms with Crippen molar-refractivity contribution in [1.82, 2.24) is 0 Å². The number of methoxy groups -OCH3 is 1. The Labute approximate surface area is 121 Å². The number of para-hydroxylation sites is 1. The second kappa shape index (κ2) is 6.44. The maximum atomic E-state index is 6.35. The van der Waals surface area contributed by atoms with Crippen molar-refractivity contribution >= 4 is 5.69 Å². The van der Waals surface area contributed by atoms with Crippen LogP contribution in [0.25, 0.3) is 0 Å². The molecule has 2 aromatic carbocycles. The predicted octanol–water partition coefficient (Wildman–Crippen LogP) is 3.00. The predicted molar refractivity (Wildman–Crippen MR) is 84.4 cm³/mol. The number of rotatable bonds is 5. The van der Waals surface area contributed by atoms with Crippen LogP contribution in [0.1, 0.15) is 17.2 Å². The fraction of sp³-hybridized carbons (Fsp3) is 0.294. The highest BCUT2D eigenvalue weighted by Gasteiger charge is 2.11. The van der Waals surface area contributed by atoms with Gasteiger partial charge in [-0.05, 0) is 35.7 Å². The van der Waals surface area contributed by atoms with Gasteiger partial charge in [-0.1, -0.05) is 30.3 Å². The van der Waals surface area contributed by atoms with Crippen LogP contribution in [0.15, 0.2) is 48.5 Å². The Morgan fingerprint density at radius 1 is 1.10 bits per heavy atom. The van der Waals surface area contributed by atoms with Crippen LogP contribution in [0.3, 0.4) is 0 Å². The zero-order valence-corrected chi connectivity index (χ0v) is 12.3. The van der Waals surface area contributed by atoms with Gasteiger partial charge in [0.1, 0.15) is 5.75 Å². The standard InChI is InChI=1S/C17H22N2O/c1-19(2)15-9-6-8-13(11-15)16(18)12-14-7-4-5-10-17(14)20-3/h4-11,16H,12,18H2,1-3H3. The van der Waals surface area contributed by atoms with Gasteiger partial charge in [0.05, 0.1) is 7.11 Å². The van der Waals surface area contributed by atoms with Crippen LogP contribution < -0.4 is 15.4 Å². The lowest BCUT2D eigenvalue weighted by Crippen LogP contribution is -2.15. The first kappa shape index (κ1) is 14.4. The molecule has 0 aliphatic carbocycles. The van der Waals surface area contributed by atoms with Crippen molar-refractivity contribution in [3.63, 3.8) is 0 Å². The van der Waals surface area contributed by atoms with Crippen molar-refractivity contribution in [2.45, 2.75) is 12.5 Å². The van der Waals surface area contributed by atoms with E-state index in [9.17, 15) is 0 Å². The van der Waals surface area contributed by atoms with E-state index in [1.54, 1.807) is 7.11 Å². The Kier molecular flexibility index (Phi) is 4.64. The summed E-state index contributed by atoms with van der Waals surface area (Å²) >= 11 is 0. The van der Waals surface area contributed by atoms with Crippen LogP contribution >= 0.6 is 0 Å². The average Bonchev–Trinajstić information content (AvgIpc) is 2.48. The number of anilines is 1. The number of nitrogens with two attached hydrogens (primary N) is 1. The van der Waals surface area contributed by atoms with Crippen LogP contribution in [-0.2, 0) is 6.42 Å². The van der Waals surface area contributed by atoms with Gasteiger partial charge in [-0.25, -0.2) is 0 Å². The van der Waals surface area contributed by atoms with Gasteiger partial charge in [-0.15, -0.1) is 0 Å². The van der Waals surface area contributed by atoms with Crippen LogP contribution in [0.5, 0.6) is 5.75 Å². The summed E-state index contributed by atoms with van der Waals surface area (Å²) in [6, 6.07) is 16.3. The van der Waals surface area contributed by atoms with Gasteiger partial charge in [0.25, 0.3) is 0 Å². The topological polar surface area (TPSA) is 38.5 Å². The number of ether oxygens (including phenoxy) is 1. The van der Waals surface area contributed by atoms with E-state index < -0.39 is 0 Å². The van der Waals surface area contributed by atoms with Crippen molar-refractivity contribution in [2.75, 3.05) is 26.1 Å². The van der Waals surface area contributed by atoms with Gasteiger partial charge < -0.3 is 15.4 Å². The molecule has 1 unspecified atom stereocenters. The molecule has 0 saturated heterocycles. The molecule has 2 N–H and O–H groups in total. The highest BCUT2D eigenvalue weighted by Crippen LogP contribution is 2.25. The van der Waals surface area contributed by atoms with Crippen LogP contribution in [-0.4, -0.2) is 21.2 Å². The Morgan fingerprint density at radius 3 is 2.55 bits per heavy atom. The minimum absolute atomic E-state index is 0.0359. The summed E-state index contributed by atoms with van der Waals surface area (Å²) in [6.45, 7) is 0. The molecule has 0 amide bonds. The molecule has 0 heterocycles. The molecule has 3 nitrogen and oxygen atoms in total. The smallest absolute Gasteiger partial charge is 0.122 e. The monoisotopic (exact) mass is 270 g/mol. The highest BCUT2D eigenvalue weighted by atomic mass is 16.5. The minimum atomic E-state index is -0.0359. The van der Waals surface area contributed by atoms with Gasteiger partial charge in [-0.2, -0.15) is 0 Å². The molecule has 3 heteroatoms. The number of benzene rings is 2. The summed E-state index contributed by atoms with van der Waals surface area (Å²) in [5.74, 6) is 0.895. The minimum Gasteiger partial charge on any atom is -0.496 e. The number of hydrogen-bond acceptors (Lipinski definition) is 3. The third-order valence-corrected chi connectivity index (χ3v) is 3.45. The van der Waals surface area contributed by atoms with Gasteiger partial charge in [0.15, 0.2) is 0 Å². The van der Waals surface area contributed by atoms with E-state index in [0.717, 1.165) is 29.0 Å². The Hall–Kier alpha value is -2.00. The second-order valence-electron chi connectivity index (χ2n) is 5.11. The zero-order chi connectivity index (χ0) is 14.5. The molecular weight excluding hydrogens is 248 g/mol. The summed E-state index contributed by atoms with van der Waals surface area (Å²) < 4.78 is 5.38. The maximum Gasteiger partial charge on any atom is 0.122 e. The first-order chi connectivity index (χ1) is 9.61. The van der Waals surface area contributed by atoms with E-state index in [-0.39, 0.29) is 6.04 Å². The van der Waals surface area contributed by atoms with E-state index in [2.05, 4.69) is 29.2 Å². The Balaban J connectivity index is 2.19. The molecule has 106 valence electrons. The van der Waals surface area contributed by atoms with Gasteiger partial charge in [0, 0.05) is 25.8 Å². The Morgan fingerprint density at radius 2 is 1.85 bits per heavy atom. The van der Waals surface area contributed by atoms with Crippen LogP contribution in [0.4, 0.5) is 5.69 Å². The van der Waals surface area contributed by atoms with E-state index in [0.29, 0.717) is 0 Å². The summed E-state index contributed by atoms with van der Waals surface area (Å²) in [6.07, 6.45) is 0.765. The van der Waals surface area contributed by atoms with Crippen molar-refractivity contribution in [2.24, 2.45) is 5.73 Å². The summed E-state index contributed by atoms with van der Waals surface area (Å²) in [5, 5.41) is 0. The molecule has 2 rings (SSSR count). The molecule has 0 radical (unpaired) electrons. The number of nitrogens with zero attached hydrogens (tertiary/aromatic N) is 1. The molecule has 0 spiro atoms. The lowest BCUT2D eigenvalue weighted by molar-refractivity contribution is 0.408. The fourth-order valence-corrected chi connectivity index (χ4v) is 2.26. The molecular formula is C17H22N2O. The second-order valence-corrected chi connectivity index (χ2v) is 5.11. The number of hydrogen-bond donors (Lipinski definition) is 1. The summed E-state index contributed by atoms with van der Waals surface area (Å²) in [5.41, 5.74) is 9.79. The molecule has 1 atom stereocenters. The lowest BCUT2D eigenvalue weighted by atomic mass is 9.98. The van der Waals surface area contributed by atoms with Gasteiger partial charge >= 0.3 is 0 Å². The van der Waals surface area contributed by atoms with Crippen LogP contribution in [0, 0.1) is 0 Å². The molecule has 0 fully saturated rings. The zero-order valence-electron chi connectivity index (χ0n) is 12.3. The highest BCUT2D eigenvalue weighted by molar-refractivity contribution is 5.48. The molecule has 0 aliphatic heterocycles. The van der Waals surface area contributed by atoms with Crippen molar-refractivity contribution in [3.05, 3.63) is 59.7 Å². The van der Waals surface area contributed by atoms with Gasteiger partial charge in [-0.3, -0.25) is 0 Å². The maximum absolute atomic E-state index is 6.35. The lowest BCUT2D eigenvalue weighted by Gasteiger charge is -2.18. The molecule has 0 aliphatic rings. The molecule has 20 heavy (non-hydrogen) atoms. The summed E-state index contributed by atoms with van der Waals surface area (Å²) in [7, 11) is 5.76. The van der Waals surface area contributed by atoms with Gasteiger partial charge in [0.2, 0.25) is 0 Å². The normalized spacial score (nSPS) is 12.0. The van der Waals surface area contributed by atoms with E-state index in [4.69, 9.17) is 10.5 Å². The molecule has 0 aromatic heterocycles. The third-order valence-electron chi connectivity index (χ3n) is 3.45. The quantitative estimate of drug-likeness (QED) is 0.907. The van der Waals surface area contributed by atoms with E-state index in [1.807, 2.05) is 38.4 Å². The third kappa shape index (κ3) is 3.31.